The highest BCUT2D eigenvalue weighted by atomic mass is 16.1. The standard InChI is InChI=1S/C10H16O/c1-8-6-9(4-5-11)10(2,3)7-8/h5,7,9H,4,6H2,1-3H3. The fraction of sp³-hybridized carbons (Fsp3) is 0.700. The van der Waals surface area contributed by atoms with E-state index in [1.54, 1.807) is 0 Å². The van der Waals surface area contributed by atoms with E-state index < -0.39 is 0 Å². The maximum atomic E-state index is 10.3. The van der Waals surface area contributed by atoms with E-state index in [4.69, 9.17) is 0 Å². The largest absolute Gasteiger partial charge is 0.303 e. The van der Waals surface area contributed by atoms with Gasteiger partial charge in [-0.3, -0.25) is 0 Å². The van der Waals surface area contributed by atoms with Crippen molar-refractivity contribution in [3.05, 3.63) is 11.6 Å². The van der Waals surface area contributed by atoms with E-state index in [0.29, 0.717) is 12.3 Å². The van der Waals surface area contributed by atoms with Gasteiger partial charge in [-0.2, -0.15) is 0 Å². The van der Waals surface area contributed by atoms with Crippen molar-refractivity contribution in [2.24, 2.45) is 11.3 Å². The van der Waals surface area contributed by atoms with Crippen LogP contribution in [0, 0.1) is 11.3 Å². The number of allylic oxidation sites excluding steroid dienone is 2. The number of carbonyl (C=O) groups excluding carboxylic acids is 1. The van der Waals surface area contributed by atoms with Crippen LogP contribution in [0.15, 0.2) is 11.6 Å². The van der Waals surface area contributed by atoms with E-state index in [1.807, 2.05) is 0 Å². The molecule has 62 valence electrons. The highest BCUT2D eigenvalue weighted by Gasteiger charge is 2.31. The summed E-state index contributed by atoms with van der Waals surface area (Å²) in [6.07, 6.45) is 5.15. The Kier molecular flexibility index (Phi) is 2.17. The molecule has 0 aromatic heterocycles. The van der Waals surface area contributed by atoms with Gasteiger partial charge in [0.15, 0.2) is 0 Å². The highest BCUT2D eigenvalue weighted by Crippen LogP contribution is 2.41. The van der Waals surface area contributed by atoms with Gasteiger partial charge in [-0.1, -0.05) is 25.5 Å². The molecular weight excluding hydrogens is 136 g/mol. The van der Waals surface area contributed by atoms with E-state index in [0.717, 1.165) is 12.7 Å². The zero-order chi connectivity index (χ0) is 8.48. The third-order valence-electron chi connectivity index (χ3n) is 2.62. The Hall–Kier alpha value is -0.590. The summed E-state index contributed by atoms with van der Waals surface area (Å²) < 4.78 is 0. The molecule has 1 aliphatic rings. The number of carbonyl (C=O) groups is 1. The Morgan fingerprint density at radius 1 is 1.73 bits per heavy atom. The summed E-state index contributed by atoms with van der Waals surface area (Å²) in [7, 11) is 0. The topological polar surface area (TPSA) is 17.1 Å². The monoisotopic (exact) mass is 152 g/mol. The Bertz CT molecular complexity index is 189. The molecule has 0 saturated heterocycles. The molecule has 1 nitrogen and oxygen atoms in total. The van der Waals surface area contributed by atoms with E-state index in [-0.39, 0.29) is 5.41 Å². The molecule has 0 aromatic carbocycles. The number of hydrogen-bond donors (Lipinski definition) is 0. The molecule has 0 heterocycles. The second-order valence-electron chi connectivity index (χ2n) is 4.12. The lowest BCUT2D eigenvalue weighted by Crippen LogP contribution is -2.17. The maximum absolute atomic E-state index is 10.3. The van der Waals surface area contributed by atoms with Gasteiger partial charge < -0.3 is 4.79 Å². The highest BCUT2D eigenvalue weighted by molar-refractivity contribution is 5.50. The zero-order valence-electron chi connectivity index (χ0n) is 7.55. The quantitative estimate of drug-likeness (QED) is 0.439. The van der Waals surface area contributed by atoms with Gasteiger partial charge >= 0.3 is 0 Å². The Morgan fingerprint density at radius 2 is 2.36 bits per heavy atom. The Labute approximate surface area is 68.5 Å². The molecule has 1 rings (SSSR count). The smallest absolute Gasteiger partial charge is 0.120 e. The molecule has 0 bridgehead atoms. The molecule has 1 unspecified atom stereocenters. The van der Waals surface area contributed by atoms with Crippen molar-refractivity contribution in [2.75, 3.05) is 0 Å². The molecule has 0 aliphatic heterocycles. The first kappa shape index (κ1) is 8.51. The van der Waals surface area contributed by atoms with Crippen molar-refractivity contribution in [1.29, 1.82) is 0 Å². The molecule has 0 N–H and O–H groups in total. The Morgan fingerprint density at radius 3 is 2.73 bits per heavy atom. The molecule has 1 heteroatoms. The summed E-state index contributed by atoms with van der Waals surface area (Å²) in [5.74, 6) is 0.542. The van der Waals surface area contributed by atoms with Crippen LogP contribution in [0.3, 0.4) is 0 Å². The molecule has 1 aliphatic carbocycles. The predicted molar refractivity (Wildman–Crippen MR) is 46.3 cm³/mol. The minimum Gasteiger partial charge on any atom is -0.303 e. The van der Waals surface area contributed by atoms with Crippen LogP contribution in [0.1, 0.15) is 33.6 Å². The third kappa shape index (κ3) is 1.70. The molecular formula is C10H16O. The first-order chi connectivity index (χ1) is 5.06. The van der Waals surface area contributed by atoms with Gasteiger partial charge in [-0.05, 0) is 24.7 Å². The summed E-state index contributed by atoms with van der Waals surface area (Å²) in [6.45, 7) is 6.56. The lowest BCUT2D eigenvalue weighted by Gasteiger charge is -2.23. The van der Waals surface area contributed by atoms with Gasteiger partial charge in [0, 0.05) is 6.42 Å². The SMILES string of the molecule is CC1=CC(C)(C)C(CC=O)C1. The van der Waals surface area contributed by atoms with Gasteiger partial charge in [0.2, 0.25) is 0 Å². The molecule has 0 aromatic rings. The normalized spacial score (nSPS) is 28.3. The molecule has 11 heavy (non-hydrogen) atoms. The van der Waals surface area contributed by atoms with Crippen molar-refractivity contribution in [1.82, 2.24) is 0 Å². The van der Waals surface area contributed by atoms with Crippen LogP contribution in [0.25, 0.3) is 0 Å². The van der Waals surface area contributed by atoms with Crippen molar-refractivity contribution < 1.29 is 4.79 Å². The molecule has 0 radical (unpaired) electrons. The number of aldehydes is 1. The first-order valence-corrected chi connectivity index (χ1v) is 4.18. The second-order valence-corrected chi connectivity index (χ2v) is 4.12. The van der Waals surface area contributed by atoms with Gasteiger partial charge in [-0.25, -0.2) is 0 Å². The second kappa shape index (κ2) is 2.80. The summed E-state index contributed by atoms with van der Waals surface area (Å²) in [6, 6.07) is 0. The lowest BCUT2D eigenvalue weighted by molar-refractivity contribution is -0.109. The summed E-state index contributed by atoms with van der Waals surface area (Å²) in [5, 5.41) is 0. The van der Waals surface area contributed by atoms with Crippen LogP contribution in [0.2, 0.25) is 0 Å². The molecule has 1 atom stereocenters. The molecule has 0 spiro atoms. The minimum absolute atomic E-state index is 0.241. The summed E-state index contributed by atoms with van der Waals surface area (Å²) in [4.78, 5) is 10.3. The lowest BCUT2D eigenvalue weighted by atomic mass is 9.80. The third-order valence-corrected chi connectivity index (χ3v) is 2.62. The number of hydrogen-bond acceptors (Lipinski definition) is 1. The van der Waals surface area contributed by atoms with Crippen LogP contribution in [-0.4, -0.2) is 6.29 Å². The molecule has 0 fully saturated rings. The average molecular weight is 152 g/mol. The van der Waals surface area contributed by atoms with Crippen LogP contribution in [-0.2, 0) is 4.79 Å². The van der Waals surface area contributed by atoms with E-state index in [2.05, 4.69) is 26.8 Å². The predicted octanol–water partition coefficient (Wildman–Crippen LogP) is 2.57. The van der Waals surface area contributed by atoms with Crippen LogP contribution >= 0.6 is 0 Å². The van der Waals surface area contributed by atoms with Gasteiger partial charge in [0.1, 0.15) is 6.29 Å². The van der Waals surface area contributed by atoms with Gasteiger partial charge in [-0.15, -0.1) is 0 Å². The number of rotatable bonds is 2. The summed E-state index contributed by atoms with van der Waals surface area (Å²) in [5.41, 5.74) is 1.67. The van der Waals surface area contributed by atoms with E-state index in [1.165, 1.54) is 5.57 Å². The van der Waals surface area contributed by atoms with E-state index in [9.17, 15) is 4.79 Å². The first-order valence-electron chi connectivity index (χ1n) is 4.18. The fourth-order valence-electron chi connectivity index (χ4n) is 1.97. The van der Waals surface area contributed by atoms with Gasteiger partial charge in [0.05, 0.1) is 0 Å². The van der Waals surface area contributed by atoms with E-state index >= 15 is 0 Å². The van der Waals surface area contributed by atoms with Crippen LogP contribution in [0.5, 0.6) is 0 Å². The van der Waals surface area contributed by atoms with Gasteiger partial charge in [0.25, 0.3) is 0 Å². The average Bonchev–Trinajstić information content (AvgIpc) is 2.07. The zero-order valence-corrected chi connectivity index (χ0v) is 7.55. The van der Waals surface area contributed by atoms with Crippen LogP contribution < -0.4 is 0 Å². The Balaban J connectivity index is 2.67. The minimum atomic E-state index is 0.241. The maximum Gasteiger partial charge on any atom is 0.120 e. The van der Waals surface area contributed by atoms with Crippen LogP contribution in [0.4, 0.5) is 0 Å². The molecule has 0 saturated carbocycles. The summed E-state index contributed by atoms with van der Waals surface area (Å²) >= 11 is 0. The fourth-order valence-corrected chi connectivity index (χ4v) is 1.97. The van der Waals surface area contributed by atoms with Crippen molar-refractivity contribution >= 4 is 6.29 Å². The van der Waals surface area contributed by atoms with Crippen molar-refractivity contribution in [3.63, 3.8) is 0 Å². The van der Waals surface area contributed by atoms with Crippen molar-refractivity contribution in [3.8, 4) is 0 Å². The molecule has 0 amide bonds. The van der Waals surface area contributed by atoms with Crippen molar-refractivity contribution in [2.45, 2.75) is 33.6 Å².